The van der Waals surface area contributed by atoms with Gasteiger partial charge in [-0.05, 0) is 53.4 Å². The van der Waals surface area contributed by atoms with Crippen molar-refractivity contribution in [1.82, 2.24) is 5.32 Å². The molecule has 0 heterocycles. The first-order chi connectivity index (χ1) is 9.04. The largest absolute Gasteiger partial charge is 0.490 e. The highest BCUT2D eigenvalue weighted by Gasteiger charge is 2.26. The van der Waals surface area contributed by atoms with E-state index < -0.39 is 6.10 Å². The number of hydrogen-bond acceptors (Lipinski definition) is 4. The van der Waals surface area contributed by atoms with Crippen LogP contribution in [0, 0.1) is 6.92 Å². The molecule has 1 fully saturated rings. The van der Waals surface area contributed by atoms with Crippen LogP contribution in [0.1, 0.15) is 18.4 Å². The van der Waals surface area contributed by atoms with Crippen molar-refractivity contribution >= 4 is 15.9 Å². The number of aliphatic hydroxyl groups is 2. The summed E-state index contributed by atoms with van der Waals surface area (Å²) in [6, 6.07) is 6.17. The van der Waals surface area contributed by atoms with Crippen LogP contribution in [0.15, 0.2) is 22.7 Å². The van der Waals surface area contributed by atoms with Crippen molar-refractivity contribution in [3.8, 4) is 5.75 Å². The number of halogens is 1. The SMILES string of the molecule is Cc1ccc(OCC(O)CNC2CC(O)C2)c(Br)c1. The van der Waals surface area contributed by atoms with Crippen molar-refractivity contribution in [1.29, 1.82) is 0 Å². The number of benzene rings is 1. The highest BCUT2D eigenvalue weighted by atomic mass is 79.9. The molecule has 1 saturated carbocycles. The Hall–Kier alpha value is -0.620. The molecule has 0 radical (unpaired) electrons. The molecule has 1 aliphatic carbocycles. The second kappa shape index (κ2) is 6.70. The summed E-state index contributed by atoms with van der Waals surface area (Å²) in [4.78, 5) is 0. The third kappa shape index (κ3) is 4.45. The van der Waals surface area contributed by atoms with E-state index in [1.54, 1.807) is 0 Å². The third-order valence-corrected chi connectivity index (χ3v) is 3.89. The predicted molar refractivity (Wildman–Crippen MR) is 77.4 cm³/mol. The molecule has 1 aromatic carbocycles. The molecular formula is C14H20BrNO3. The molecule has 1 unspecified atom stereocenters. The van der Waals surface area contributed by atoms with Gasteiger partial charge in [0.15, 0.2) is 0 Å². The smallest absolute Gasteiger partial charge is 0.133 e. The zero-order chi connectivity index (χ0) is 13.8. The van der Waals surface area contributed by atoms with Crippen LogP contribution in [-0.4, -0.2) is 41.6 Å². The summed E-state index contributed by atoms with van der Waals surface area (Å²) in [6.07, 6.45) is 0.828. The van der Waals surface area contributed by atoms with E-state index in [0.717, 1.165) is 28.6 Å². The van der Waals surface area contributed by atoms with Crippen LogP contribution < -0.4 is 10.1 Å². The first-order valence-corrected chi connectivity index (χ1v) is 7.32. The summed E-state index contributed by atoms with van der Waals surface area (Å²) in [6.45, 7) is 2.76. The molecule has 0 saturated heterocycles. The molecular weight excluding hydrogens is 310 g/mol. The Bertz CT molecular complexity index is 421. The lowest BCUT2D eigenvalue weighted by Gasteiger charge is -2.32. The lowest BCUT2D eigenvalue weighted by Crippen LogP contribution is -2.47. The van der Waals surface area contributed by atoms with E-state index in [-0.39, 0.29) is 12.7 Å². The maximum atomic E-state index is 9.83. The fraction of sp³-hybridized carbons (Fsp3) is 0.571. The molecule has 1 aromatic rings. The number of nitrogens with one attached hydrogen (secondary N) is 1. The maximum absolute atomic E-state index is 9.83. The van der Waals surface area contributed by atoms with Gasteiger partial charge in [0.1, 0.15) is 18.5 Å². The van der Waals surface area contributed by atoms with Crippen LogP contribution in [0.4, 0.5) is 0 Å². The van der Waals surface area contributed by atoms with Gasteiger partial charge in [-0.3, -0.25) is 0 Å². The van der Waals surface area contributed by atoms with Crippen LogP contribution in [0.3, 0.4) is 0 Å². The Kier molecular flexibility index (Phi) is 5.21. The van der Waals surface area contributed by atoms with E-state index in [1.807, 2.05) is 25.1 Å². The van der Waals surface area contributed by atoms with Gasteiger partial charge in [0.2, 0.25) is 0 Å². The minimum absolute atomic E-state index is 0.172. The maximum Gasteiger partial charge on any atom is 0.133 e. The Morgan fingerprint density at radius 1 is 1.47 bits per heavy atom. The molecule has 0 bridgehead atoms. The van der Waals surface area contributed by atoms with Crippen molar-refractivity contribution in [3.05, 3.63) is 28.2 Å². The van der Waals surface area contributed by atoms with Crippen molar-refractivity contribution in [2.24, 2.45) is 0 Å². The summed E-state index contributed by atoms with van der Waals surface area (Å²) in [5.41, 5.74) is 1.16. The van der Waals surface area contributed by atoms with Gasteiger partial charge in [-0.15, -0.1) is 0 Å². The molecule has 0 spiro atoms. The first-order valence-electron chi connectivity index (χ1n) is 6.53. The van der Waals surface area contributed by atoms with Crippen molar-refractivity contribution in [3.63, 3.8) is 0 Å². The molecule has 2 rings (SSSR count). The van der Waals surface area contributed by atoms with Gasteiger partial charge in [0.05, 0.1) is 10.6 Å². The summed E-state index contributed by atoms with van der Waals surface area (Å²) in [5.74, 6) is 0.740. The highest BCUT2D eigenvalue weighted by molar-refractivity contribution is 9.10. The fourth-order valence-corrected chi connectivity index (χ4v) is 2.63. The molecule has 0 aromatic heterocycles. The minimum atomic E-state index is -0.550. The standard InChI is InChI=1S/C14H20BrNO3/c1-9-2-3-14(13(15)4-9)19-8-12(18)7-16-10-5-11(17)6-10/h2-4,10-12,16-18H,5-8H2,1H3. The van der Waals surface area contributed by atoms with Crippen LogP contribution in [0.5, 0.6) is 5.75 Å². The van der Waals surface area contributed by atoms with Gasteiger partial charge in [0.25, 0.3) is 0 Å². The Morgan fingerprint density at radius 3 is 2.84 bits per heavy atom. The van der Waals surface area contributed by atoms with Crippen molar-refractivity contribution < 1.29 is 14.9 Å². The highest BCUT2D eigenvalue weighted by Crippen LogP contribution is 2.25. The van der Waals surface area contributed by atoms with Crippen LogP contribution in [-0.2, 0) is 0 Å². The lowest BCUT2D eigenvalue weighted by molar-refractivity contribution is 0.0487. The lowest BCUT2D eigenvalue weighted by atomic mass is 9.89. The van der Waals surface area contributed by atoms with Crippen LogP contribution in [0.2, 0.25) is 0 Å². The van der Waals surface area contributed by atoms with Crippen molar-refractivity contribution in [2.75, 3.05) is 13.2 Å². The number of rotatable bonds is 6. The topological polar surface area (TPSA) is 61.7 Å². The second-order valence-electron chi connectivity index (χ2n) is 5.13. The summed E-state index contributed by atoms with van der Waals surface area (Å²) in [5, 5.41) is 22.2. The Morgan fingerprint density at radius 2 is 2.21 bits per heavy atom. The zero-order valence-corrected chi connectivity index (χ0v) is 12.6. The number of hydrogen-bond donors (Lipinski definition) is 3. The molecule has 106 valence electrons. The molecule has 4 nitrogen and oxygen atoms in total. The number of aryl methyl sites for hydroxylation is 1. The van der Waals surface area contributed by atoms with Gasteiger partial charge in [-0.1, -0.05) is 6.07 Å². The average molecular weight is 330 g/mol. The van der Waals surface area contributed by atoms with E-state index in [4.69, 9.17) is 9.84 Å². The van der Waals surface area contributed by atoms with Gasteiger partial charge < -0.3 is 20.3 Å². The molecule has 0 amide bonds. The number of aliphatic hydroxyl groups excluding tert-OH is 2. The normalized spacial score (nSPS) is 23.8. The van der Waals surface area contributed by atoms with Crippen LogP contribution >= 0.6 is 15.9 Å². The van der Waals surface area contributed by atoms with E-state index in [1.165, 1.54) is 0 Å². The van der Waals surface area contributed by atoms with Gasteiger partial charge >= 0.3 is 0 Å². The molecule has 19 heavy (non-hydrogen) atoms. The Balaban J connectivity index is 1.69. The second-order valence-corrected chi connectivity index (χ2v) is 5.98. The molecule has 5 heteroatoms. The molecule has 1 atom stereocenters. The monoisotopic (exact) mass is 329 g/mol. The summed E-state index contributed by atoms with van der Waals surface area (Å²) in [7, 11) is 0. The van der Waals surface area contributed by atoms with E-state index >= 15 is 0 Å². The van der Waals surface area contributed by atoms with E-state index in [9.17, 15) is 5.11 Å². The molecule has 0 aliphatic heterocycles. The quantitative estimate of drug-likeness (QED) is 0.742. The van der Waals surface area contributed by atoms with Gasteiger partial charge in [-0.2, -0.15) is 0 Å². The van der Waals surface area contributed by atoms with Gasteiger partial charge in [-0.25, -0.2) is 0 Å². The first kappa shape index (κ1) is 14.8. The van der Waals surface area contributed by atoms with Crippen molar-refractivity contribution in [2.45, 2.75) is 38.0 Å². The van der Waals surface area contributed by atoms with E-state index in [0.29, 0.717) is 12.6 Å². The third-order valence-electron chi connectivity index (χ3n) is 3.27. The summed E-state index contributed by atoms with van der Waals surface area (Å²) < 4.78 is 6.47. The fourth-order valence-electron chi connectivity index (χ4n) is 2.03. The molecule has 1 aliphatic rings. The van der Waals surface area contributed by atoms with E-state index in [2.05, 4.69) is 21.2 Å². The minimum Gasteiger partial charge on any atom is -0.490 e. The predicted octanol–water partition coefficient (Wildman–Crippen LogP) is 1.61. The Labute approximate surface area is 121 Å². The molecule has 3 N–H and O–H groups in total. The van der Waals surface area contributed by atoms with Gasteiger partial charge in [0, 0.05) is 12.6 Å². The zero-order valence-electron chi connectivity index (χ0n) is 11.0. The summed E-state index contributed by atoms with van der Waals surface area (Å²) >= 11 is 3.44. The average Bonchev–Trinajstić information content (AvgIpc) is 2.32. The number of ether oxygens (including phenoxy) is 1. The van der Waals surface area contributed by atoms with Crippen LogP contribution in [0.25, 0.3) is 0 Å².